The van der Waals surface area contributed by atoms with Gasteiger partial charge in [0.05, 0.1) is 18.3 Å². The molecule has 0 spiro atoms. The van der Waals surface area contributed by atoms with Crippen molar-refractivity contribution in [2.45, 2.75) is 51.6 Å². The molecule has 1 N–H and O–H groups in total. The number of carbonyl (C=O) groups excluding carboxylic acids is 2. The Balaban J connectivity index is 1.70. The molecule has 2 saturated heterocycles. The monoisotopic (exact) mass is 367 g/mol. The van der Waals surface area contributed by atoms with Gasteiger partial charge >= 0.3 is 5.97 Å². The highest BCUT2D eigenvalue weighted by Gasteiger charge is 2.62. The number of hydrogen-bond acceptors (Lipinski definition) is 4. The van der Waals surface area contributed by atoms with Crippen molar-refractivity contribution in [1.82, 2.24) is 14.9 Å². The number of nitrogens with one attached hydrogen (secondary N) is 1. The second kappa shape index (κ2) is 6.83. The van der Waals surface area contributed by atoms with Crippen molar-refractivity contribution in [2.24, 2.45) is 5.41 Å². The van der Waals surface area contributed by atoms with Crippen LogP contribution in [-0.2, 0) is 16.0 Å². The third-order valence-electron chi connectivity index (χ3n) is 6.05. The lowest BCUT2D eigenvalue weighted by Gasteiger charge is -2.35. The number of benzene rings is 1. The summed E-state index contributed by atoms with van der Waals surface area (Å²) in [5.41, 5.74) is 1.63. The predicted octanol–water partition coefficient (Wildman–Crippen LogP) is 2.89. The minimum Gasteiger partial charge on any atom is -0.465 e. The molecule has 1 amide bonds. The third-order valence-corrected chi connectivity index (χ3v) is 6.05. The van der Waals surface area contributed by atoms with Crippen LogP contribution in [0.2, 0.25) is 0 Å². The molecule has 2 fully saturated rings. The summed E-state index contributed by atoms with van der Waals surface area (Å²) in [6, 6.07) is 9.93. The summed E-state index contributed by atoms with van der Waals surface area (Å²) < 4.78 is 5.50. The minimum absolute atomic E-state index is 0.0618. The first-order valence-electron chi connectivity index (χ1n) is 9.60. The number of ether oxygens (including phenoxy) is 1. The Hall–Kier alpha value is -2.63. The van der Waals surface area contributed by atoms with Gasteiger partial charge in [-0.25, -0.2) is 4.98 Å². The molecule has 0 unspecified atom stereocenters. The summed E-state index contributed by atoms with van der Waals surface area (Å²) in [5, 5.41) is 0. The van der Waals surface area contributed by atoms with Crippen molar-refractivity contribution in [3.63, 3.8) is 0 Å². The van der Waals surface area contributed by atoms with Crippen LogP contribution >= 0.6 is 0 Å². The number of esters is 1. The van der Waals surface area contributed by atoms with Crippen LogP contribution in [0.4, 0.5) is 0 Å². The van der Waals surface area contributed by atoms with Crippen LogP contribution in [0.5, 0.6) is 0 Å². The minimum atomic E-state index is -0.680. The molecule has 6 heteroatoms. The van der Waals surface area contributed by atoms with Crippen molar-refractivity contribution in [1.29, 1.82) is 0 Å². The molecule has 2 aliphatic heterocycles. The Labute approximate surface area is 158 Å². The predicted molar refractivity (Wildman–Crippen MR) is 100 cm³/mol. The zero-order valence-corrected chi connectivity index (χ0v) is 15.8. The molecular weight excluding hydrogens is 342 g/mol. The molecule has 0 radical (unpaired) electrons. The van der Waals surface area contributed by atoms with Crippen LogP contribution in [-0.4, -0.2) is 45.4 Å². The Kier molecular flexibility index (Phi) is 4.50. The largest absolute Gasteiger partial charge is 0.465 e. The Morgan fingerprint density at radius 2 is 2.07 bits per heavy atom. The Morgan fingerprint density at radius 3 is 2.74 bits per heavy atom. The third kappa shape index (κ3) is 2.83. The molecule has 142 valence electrons. The fourth-order valence-electron chi connectivity index (χ4n) is 4.90. The van der Waals surface area contributed by atoms with Gasteiger partial charge in [-0.05, 0) is 45.1 Å². The van der Waals surface area contributed by atoms with Gasteiger partial charge in [-0.3, -0.25) is 9.59 Å². The van der Waals surface area contributed by atoms with Gasteiger partial charge < -0.3 is 14.6 Å². The van der Waals surface area contributed by atoms with Gasteiger partial charge in [0, 0.05) is 17.8 Å². The molecule has 1 aromatic heterocycles. The van der Waals surface area contributed by atoms with Gasteiger partial charge in [-0.15, -0.1) is 0 Å². The molecule has 2 bridgehead atoms. The van der Waals surface area contributed by atoms with Crippen LogP contribution in [0, 0.1) is 12.3 Å². The Morgan fingerprint density at radius 1 is 1.30 bits per heavy atom. The molecule has 4 rings (SSSR count). The average molecular weight is 367 g/mol. The topological polar surface area (TPSA) is 75.3 Å². The van der Waals surface area contributed by atoms with Gasteiger partial charge in [-0.1, -0.05) is 30.3 Å². The summed E-state index contributed by atoms with van der Waals surface area (Å²) >= 11 is 0. The first kappa shape index (κ1) is 17.8. The molecule has 0 saturated carbocycles. The quantitative estimate of drug-likeness (QED) is 0.825. The van der Waals surface area contributed by atoms with E-state index in [1.54, 1.807) is 6.33 Å². The average Bonchev–Trinajstić information content (AvgIpc) is 3.35. The SMILES string of the molecule is CCOC(=O)[C@@]1(Cc2ccccc2)C[C@H]2CC[C@@H]1N2C(=O)c1nc[nH]c1C. The summed E-state index contributed by atoms with van der Waals surface area (Å²) in [4.78, 5) is 35.4. The summed E-state index contributed by atoms with van der Waals surface area (Å²) in [6.07, 6.45) is 4.54. The van der Waals surface area contributed by atoms with Gasteiger partial charge in [0.25, 0.3) is 5.91 Å². The van der Waals surface area contributed by atoms with E-state index in [2.05, 4.69) is 9.97 Å². The number of fused-ring (bicyclic) bond motifs is 2. The maximum Gasteiger partial charge on any atom is 0.314 e. The molecular formula is C21H25N3O3. The number of nitrogens with zero attached hydrogens (tertiary/aromatic N) is 2. The molecule has 1 aromatic carbocycles. The molecule has 27 heavy (non-hydrogen) atoms. The fraction of sp³-hybridized carbons (Fsp3) is 0.476. The number of aromatic amines is 1. The lowest BCUT2D eigenvalue weighted by molar-refractivity contribution is -0.157. The van der Waals surface area contributed by atoms with E-state index < -0.39 is 5.41 Å². The molecule has 0 aliphatic carbocycles. The summed E-state index contributed by atoms with van der Waals surface area (Å²) in [6.45, 7) is 4.03. The molecule has 6 nitrogen and oxygen atoms in total. The van der Waals surface area contributed by atoms with Gasteiger partial charge in [-0.2, -0.15) is 0 Å². The lowest BCUT2D eigenvalue weighted by atomic mass is 9.70. The highest BCUT2D eigenvalue weighted by Crippen LogP contribution is 2.52. The van der Waals surface area contributed by atoms with Crippen molar-refractivity contribution in [2.75, 3.05) is 6.61 Å². The normalized spacial score (nSPS) is 26.4. The standard InChI is InChI=1S/C21H25N3O3/c1-3-27-20(26)21(11-15-7-5-4-6-8-15)12-16-9-10-17(21)24(16)19(25)18-14(2)22-13-23-18/h4-8,13,16-17H,3,9-12H2,1-2H3,(H,22,23)/t16-,17+,21+/m1/s1. The van der Waals surface area contributed by atoms with E-state index in [0.29, 0.717) is 25.1 Å². The van der Waals surface area contributed by atoms with E-state index in [1.807, 2.05) is 49.1 Å². The first-order chi connectivity index (χ1) is 13.1. The van der Waals surface area contributed by atoms with Crippen molar-refractivity contribution in [3.8, 4) is 0 Å². The fourth-order valence-corrected chi connectivity index (χ4v) is 4.90. The number of aryl methyl sites for hydroxylation is 1. The molecule has 2 aromatic rings. The molecule has 3 atom stereocenters. The van der Waals surface area contributed by atoms with Crippen LogP contribution in [0.3, 0.4) is 0 Å². The van der Waals surface area contributed by atoms with Gasteiger partial charge in [0.2, 0.25) is 0 Å². The molecule has 3 heterocycles. The second-order valence-corrected chi connectivity index (χ2v) is 7.58. The van der Waals surface area contributed by atoms with Crippen molar-refractivity contribution in [3.05, 3.63) is 53.6 Å². The zero-order chi connectivity index (χ0) is 19.0. The maximum absolute atomic E-state index is 13.2. The number of aromatic nitrogens is 2. The smallest absolute Gasteiger partial charge is 0.314 e. The van der Waals surface area contributed by atoms with E-state index in [4.69, 9.17) is 4.74 Å². The van der Waals surface area contributed by atoms with E-state index in [1.165, 1.54) is 0 Å². The van der Waals surface area contributed by atoms with Gasteiger partial charge in [0.1, 0.15) is 5.69 Å². The number of rotatable bonds is 5. The highest BCUT2D eigenvalue weighted by atomic mass is 16.5. The number of carbonyl (C=O) groups is 2. The zero-order valence-electron chi connectivity index (χ0n) is 15.8. The lowest BCUT2D eigenvalue weighted by Crippen LogP contribution is -2.47. The highest BCUT2D eigenvalue weighted by molar-refractivity contribution is 5.95. The van der Waals surface area contributed by atoms with Crippen LogP contribution in [0.25, 0.3) is 0 Å². The first-order valence-corrected chi connectivity index (χ1v) is 9.60. The van der Waals surface area contributed by atoms with E-state index in [-0.39, 0.29) is 24.0 Å². The van der Waals surface area contributed by atoms with Gasteiger partial charge in [0.15, 0.2) is 0 Å². The van der Waals surface area contributed by atoms with Crippen molar-refractivity contribution < 1.29 is 14.3 Å². The van der Waals surface area contributed by atoms with Crippen LogP contribution in [0.1, 0.15) is 47.9 Å². The number of hydrogen-bond donors (Lipinski definition) is 1. The van der Waals surface area contributed by atoms with E-state index in [0.717, 1.165) is 24.1 Å². The molecule has 2 aliphatic rings. The number of H-pyrrole nitrogens is 1. The summed E-state index contributed by atoms with van der Waals surface area (Å²) in [7, 11) is 0. The second-order valence-electron chi connectivity index (χ2n) is 7.58. The van der Waals surface area contributed by atoms with E-state index in [9.17, 15) is 9.59 Å². The van der Waals surface area contributed by atoms with Crippen LogP contribution < -0.4 is 0 Å². The number of imidazole rings is 1. The maximum atomic E-state index is 13.2. The van der Waals surface area contributed by atoms with E-state index >= 15 is 0 Å². The van der Waals surface area contributed by atoms with Crippen molar-refractivity contribution >= 4 is 11.9 Å². The van der Waals surface area contributed by atoms with Crippen LogP contribution in [0.15, 0.2) is 36.7 Å². The Bertz CT molecular complexity index is 847. The summed E-state index contributed by atoms with van der Waals surface area (Å²) in [5.74, 6) is -0.266. The number of amides is 1.